The molecule has 0 radical (unpaired) electrons. The van der Waals surface area contributed by atoms with Crippen molar-refractivity contribution >= 4 is 5.91 Å². The monoisotopic (exact) mass is 355 g/mol. The second-order valence-corrected chi connectivity index (χ2v) is 8.09. The van der Waals surface area contributed by atoms with Crippen molar-refractivity contribution in [2.24, 2.45) is 18.9 Å². The van der Waals surface area contributed by atoms with Gasteiger partial charge in [-0.3, -0.25) is 14.4 Å². The molecule has 2 aromatic heterocycles. The normalized spacial score (nSPS) is 25.6. The minimum atomic E-state index is -0.0582. The van der Waals surface area contributed by atoms with Gasteiger partial charge in [0.05, 0.1) is 6.20 Å². The summed E-state index contributed by atoms with van der Waals surface area (Å²) in [6.07, 6.45) is 8.32. The van der Waals surface area contributed by atoms with Gasteiger partial charge in [0.15, 0.2) is 0 Å². The number of aromatic nitrogens is 5. The average Bonchev–Trinajstić information content (AvgIpc) is 3.26. The highest BCUT2D eigenvalue weighted by Crippen LogP contribution is 2.33. The number of aryl methyl sites for hydroxylation is 1. The van der Waals surface area contributed by atoms with E-state index in [2.05, 4.69) is 36.3 Å². The highest BCUT2D eigenvalue weighted by atomic mass is 16.2. The maximum absolute atomic E-state index is 12.5. The summed E-state index contributed by atoms with van der Waals surface area (Å²) < 4.78 is 3.91. The summed E-state index contributed by atoms with van der Waals surface area (Å²) in [5.41, 5.74) is 1.26. The van der Waals surface area contributed by atoms with Crippen molar-refractivity contribution in [2.45, 2.75) is 44.8 Å². The lowest BCUT2D eigenvalue weighted by molar-refractivity contribution is 0.0898. The van der Waals surface area contributed by atoms with Gasteiger partial charge < -0.3 is 9.88 Å². The fraction of sp³-hybridized carbons (Fsp3) is 0.667. The third-order valence-electron chi connectivity index (χ3n) is 6.15. The van der Waals surface area contributed by atoms with Gasteiger partial charge >= 0.3 is 0 Å². The number of fused-ring (bicyclic) bond motifs is 2. The lowest BCUT2D eigenvalue weighted by Gasteiger charge is -2.28. The van der Waals surface area contributed by atoms with E-state index in [-0.39, 0.29) is 5.91 Å². The number of carbonyl (C=O) groups excluding carboxylic acids is 1. The number of nitrogens with zero attached hydrogens (tertiary/aromatic N) is 6. The number of carbonyl (C=O) groups is 1. The lowest BCUT2D eigenvalue weighted by Crippen LogP contribution is -2.41. The largest absolute Gasteiger partial charge is 0.347 e. The first-order valence-corrected chi connectivity index (χ1v) is 9.58. The Labute approximate surface area is 152 Å². The maximum atomic E-state index is 12.5. The van der Waals surface area contributed by atoms with Gasteiger partial charge in [0, 0.05) is 57.4 Å². The molecule has 26 heavy (non-hydrogen) atoms. The van der Waals surface area contributed by atoms with Crippen molar-refractivity contribution < 1.29 is 4.79 Å². The smallest absolute Gasteiger partial charge is 0.289 e. The zero-order chi connectivity index (χ0) is 17.7. The molecular weight excluding hydrogens is 330 g/mol. The van der Waals surface area contributed by atoms with Crippen molar-refractivity contribution in [3.63, 3.8) is 0 Å². The van der Waals surface area contributed by atoms with Crippen LogP contribution >= 0.6 is 0 Å². The first-order valence-electron chi connectivity index (χ1n) is 9.58. The van der Waals surface area contributed by atoms with Gasteiger partial charge in [0.2, 0.25) is 5.82 Å². The Morgan fingerprint density at radius 2 is 2.08 bits per heavy atom. The predicted molar refractivity (Wildman–Crippen MR) is 94.3 cm³/mol. The standard InChI is InChI=1S/C18H25N7O/c1-23-7-12(6-19-23)8-24-9-13-5-16-21-22-17(25(16)11-14(13)10-24)18(26)20-15-3-2-4-15/h6-7,13-15H,2-5,8-11H2,1H3,(H,20,26)/t13-,14+/m0/s1. The van der Waals surface area contributed by atoms with E-state index in [0.717, 1.165) is 51.3 Å². The highest BCUT2D eigenvalue weighted by molar-refractivity contribution is 5.91. The van der Waals surface area contributed by atoms with Crippen LogP contribution in [0.15, 0.2) is 12.4 Å². The Morgan fingerprint density at radius 3 is 2.81 bits per heavy atom. The van der Waals surface area contributed by atoms with Gasteiger partial charge in [-0.25, -0.2) is 0 Å². The molecule has 0 unspecified atom stereocenters. The Balaban J connectivity index is 1.27. The number of likely N-dealkylation sites (tertiary alicyclic amines) is 1. The third-order valence-corrected chi connectivity index (χ3v) is 6.15. The van der Waals surface area contributed by atoms with Gasteiger partial charge in [-0.1, -0.05) is 0 Å². The van der Waals surface area contributed by atoms with Gasteiger partial charge in [-0.15, -0.1) is 10.2 Å². The third kappa shape index (κ3) is 2.82. The van der Waals surface area contributed by atoms with Crippen molar-refractivity contribution in [3.8, 4) is 0 Å². The van der Waals surface area contributed by atoms with E-state index in [4.69, 9.17) is 0 Å². The van der Waals surface area contributed by atoms with Crippen LogP contribution in [0.3, 0.4) is 0 Å². The minimum absolute atomic E-state index is 0.0582. The molecular formula is C18H25N7O. The fourth-order valence-electron chi connectivity index (χ4n) is 4.53. The van der Waals surface area contributed by atoms with Crippen LogP contribution in [-0.4, -0.2) is 54.5 Å². The van der Waals surface area contributed by atoms with E-state index >= 15 is 0 Å². The van der Waals surface area contributed by atoms with Crippen LogP contribution in [0.4, 0.5) is 0 Å². The van der Waals surface area contributed by atoms with Crippen molar-refractivity contribution in [1.82, 2.24) is 34.8 Å². The molecule has 1 amide bonds. The summed E-state index contributed by atoms with van der Waals surface area (Å²) in [6, 6.07) is 0.327. The summed E-state index contributed by atoms with van der Waals surface area (Å²) >= 11 is 0. The van der Waals surface area contributed by atoms with E-state index in [9.17, 15) is 4.79 Å². The molecule has 1 aliphatic carbocycles. The zero-order valence-electron chi connectivity index (χ0n) is 15.1. The second-order valence-electron chi connectivity index (χ2n) is 8.09. The molecule has 8 nitrogen and oxygen atoms in total. The van der Waals surface area contributed by atoms with Crippen LogP contribution in [0.25, 0.3) is 0 Å². The molecule has 2 aromatic rings. The number of hydrogen-bond donors (Lipinski definition) is 1. The molecule has 1 saturated carbocycles. The molecule has 5 rings (SSSR count). The van der Waals surface area contributed by atoms with Crippen molar-refractivity contribution in [3.05, 3.63) is 29.6 Å². The summed E-state index contributed by atoms with van der Waals surface area (Å²) in [7, 11) is 1.95. The molecule has 0 spiro atoms. The lowest BCUT2D eigenvalue weighted by atomic mass is 9.89. The maximum Gasteiger partial charge on any atom is 0.289 e. The van der Waals surface area contributed by atoms with Crippen molar-refractivity contribution in [2.75, 3.05) is 13.1 Å². The molecule has 1 saturated heterocycles. The molecule has 2 atom stereocenters. The van der Waals surface area contributed by atoms with Gasteiger partial charge in [-0.2, -0.15) is 5.10 Å². The zero-order valence-corrected chi connectivity index (χ0v) is 15.1. The van der Waals surface area contributed by atoms with Crippen LogP contribution in [0.5, 0.6) is 0 Å². The molecule has 2 fully saturated rings. The summed E-state index contributed by atoms with van der Waals surface area (Å²) in [4.78, 5) is 15.0. The molecule has 4 heterocycles. The van der Waals surface area contributed by atoms with E-state index in [1.54, 1.807) is 0 Å². The van der Waals surface area contributed by atoms with Crippen molar-refractivity contribution in [1.29, 1.82) is 0 Å². The van der Waals surface area contributed by atoms with Crippen LogP contribution in [0, 0.1) is 11.8 Å². The number of nitrogens with one attached hydrogen (secondary N) is 1. The van der Waals surface area contributed by atoms with Crippen LogP contribution < -0.4 is 5.32 Å². The van der Waals surface area contributed by atoms with Crippen LogP contribution in [0.1, 0.15) is 41.3 Å². The van der Waals surface area contributed by atoms with E-state index in [1.165, 1.54) is 12.0 Å². The minimum Gasteiger partial charge on any atom is -0.347 e. The Hall–Kier alpha value is -2.22. The van der Waals surface area contributed by atoms with Gasteiger partial charge in [0.25, 0.3) is 5.91 Å². The summed E-state index contributed by atoms with van der Waals surface area (Å²) in [5.74, 6) is 2.57. The first kappa shape index (κ1) is 16.0. The predicted octanol–water partition coefficient (Wildman–Crippen LogP) is 0.598. The van der Waals surface area contributed by atoms with Gasteiger partial charge in [0.1, 0.15) is 5.82 Å². The van der Waals surface area contributed by atoms with E-state index in [0.29, 0.717) is 23.7 Å². The Bertz CT molecular complexity index is 821. The number of amides is 1. The van der Waals surface area contributed by atoms with Crippen LogP contribution in [0.2, 0.25) is 0 Å². The molecule has 138 valence electrons. The molecule has 2 aliphatic heterocycles. The molecule has 1 N–H and O–H groups in total. The molecule has 0 aromatic carbocycles. The summed E-state index contributed by atoms with van der Waals surface area (Å²) in [5, 5.41) is 15.9. The molecule has 0 bridgehead atoms. The number of rotatable bonds is 4. The topological polar surface area (TPSA) is 80.9 Å². The molecule has 8 heteroatoms. The van der Waals surface area contributed by atoms with E-state index in [1.807, 2.05) is 17.9 Å². The summed E-state index contributed by atoms with van der Waals surface area (Å²) in [6.45, 7) is 3.93. The van der Waals surface area contributed by atoms with Gasteiger partial charge in [-0.05, 0) is 31.1 Å². The first-order chi connectivity index (χ1) is 12.7. The average molecular weight is 355 g/mol. The SMILES string of the molecule is Cn1cc(CN2C[C@@H]3Cn4c(nnc4C(=O)NC4CCC4)C[C@H]3C2)cn1. The number of hydrogen-bond acceptors (Lipinski definition) is 5. The molecule has 3 aliphatic rings. The highest BCUT2D eigenvalue weighted by Gasteiger charge is 2.39. The van der Waals surface area contributed by atoms with E-state index < -0.39 is 0 Å². The quantitative estimate of drug-likeness (QED) is 0.869. The van der Waals surface area contributed by atoms with Crippen LogP contribution in [-0.2, 0) is 26.6 Å². The Kier molecular flexibility index (Phi) is 3.81. The second kappa shape index (κ2) is 6.19. The fourth-order valence-corrected chi connectivity index (χ4v) is 4.53. The Morgan fingerprint density at radius 1 is 1.23 bits per heavy atom.